The summed E-state index contributed by atoms with van der Waals surface area (Å²) in [5, 5.41) is 4.00. The van der Waals surface area contributed by atoms with Gasteiger partial charge in [0.05, 0.1) is 19.0 Å². The van der Waals surface area contributed by atoms with Crippen LogP contribution >= 0.6 is 0 Å². The minimum Gasteiger partial charge on any atom is -0.494 e. The Morgan fingerprint density at radius 2 is 2.26 bits per heavy atom. The highest BCUT2D eigenvalue weighted by molar-refractivity contribution is 5.94. The number of para-hydroxylation sites is 1. The van der Waals surface area contributed by atoms with E-state index >= 15 is 0 Å². The number of nitrogens with two attached hydrogens (primary N) is 1. The van der Waals surface area contributed by atoms with Crippen LogP contribution in [0, 0.1) is 0 Å². The fourth-order valence-electron chi connectivity index (χ4n) is 1.72. The maximum atomic E-state index is 12.0. The maximum absolute atomic E-state index is 12.0. The Labute approximate surface area is 110 Å². The summed E-state index contributed by atoms with van der Waals surface area (Å²) >= 11 is 0. The van der Waals surface area contributed by atoms with E-state index in [1.807, 2.05) is 0 Å². The van der Waals surface area contributed by atoms with E-state index < -0.39 is 5.97 Å². The Balaban J connectivity index is 2.10. The predicted molar refractivity (Wildman–Crippen MR) is 69.7 cm³/mol. The molecule has 0 aliphatic carbocycles. The van der Waals surface area contributed by atoms with E-state index in [9.17, 15) is 4.79 Å². The van der Waals surface area contributed by atoms with Gasteiger partial charge in [0.25, 0.3) is 0 Å². The van der Waals surface area contributed by atoms with Crippen LogP contribution in [0.1, 0.15) is 15.9 Å². The van der Waals surface area contributed by atoms with Crippen molar-refractivity contribution in [2.24, 2.45) is 7.05 Å². The molecule has 100 valence electrons. The first-order chi connectivity index (χ1) is 9.11. The summed E-state index contributed by atoms with van der Waals surface area (Å²) in [6.07, 6.45) is 3.42. The number of esters is 1. The number of carbonyl (C=O) groups is 1. The van der Waals surface area contributed by atoms with Gasteiger partial charge in [-0.15, -0.1) is 0 Å². The average Bonchev–Trinajstić information content (AvgIpc) is 2.81. The van der Waals surface area contributed by atoms with Gasteiger partial charge in [-0.25, -0.2) is 4.79 Å². The number of carbonyl (C=O) groups excluding carboxylic acids is 1. The largest absolute Gasteiger partial charge is 0.494 e. The summed E-state index contributed by atoms with van der Waals surface area (Å²) in [7, 11) is 3.26. The van der Waals surface area contributed by atoms with Crippen molar-refractivity contribution in [2.45, 2.75) is 6.61 Å². The lowest BCUT2D eigenvalue weighted by Gasteiger charge is -2.10. The van der Waals surface area contributed by atoms with E-state index in [0.29, 0.717) is 17.0 Å². The monoisotopic (exact) mass is 261 g/mol. The Bertz CT molecular complexity index is 593. The molecule has 0 bridgehead atoms. The van der Waals surface area contributed by atoms with Crippen molar-refractivity contribution in [3.8, 4) is 5.75 Å². The van der Waals surface area contributed by atoms with Gasteiger partial charge in [-0.2, -0.15) is 5.10 Å². The van der Waals surface area contributed by atoms with Crippen LogP contribution in [0.3, 0.4) is 0 Å². The third-order valence-corrected chi connectivity index (χ3v) is 2.60. The molecule has 19 heavy (non-hydrogen) atoms. The molecule has 0 spiro atoms. The first-order valence-electron chi connectivity index (χ1n) is 5.69. The van der Waals surface area contributed by atoms with Crippen LogP contribution in [0.4, 0.5) is 5.69 Å². The molecule has 0 aliphatic heterocycles. The molecule has 6 heteroatoms. The molecule has 0 atom stereocenters. The van der Waals surface area contributed by atoms with Crippen LogP contribution in [0.15, 0.2) is 30.6 Å². The van der Waals surface area contributed by atoms with Gasteiger partial charge in [0, 0.05) is 18.8 Å². The predicted octanol–water partition coefficient (Wildman–Crippen LogP) is 1.37. The number of nitrogen functional groups attached to an aromatic ring is 1. The summed E-state index contributed by atoms with van der Waals surface area (Å²) in [4.78, 5) is 12.0. The summed E-state index contributed by atoms with van der Waals surface area (Å²) < 4.78 is 12.0. The van der Waals surface area contributed by atoms with Gasteiger partial charge in [-0.05, 0) is 12.1 Å². The molecule has 1 aromatic carbocycles. The standard InChI is InChI=1S/C13H15N3O3/c1-16-7-9(6-15-16)8-19-13(17)10-4-3-5-11(14)12(10)18-2/h3-7H,8,14H2,1-2H3. The quantitative estimate of drug-likeness (QED) is 0.664. The number of methoxy groups -OCH3 is 1. The third-order valence-electron chi connectivity index (χ3n) is 2.60. The second-order valence-electron chi connectivity index (χ2n) is 4.03. The van der Waals surface area contributed by atoms with E-state index in [4.69, 9.17) is 15.2 Å². The van der Waals surface area contributed by atoms with Crippen LogP contribution in [-0.2, 0) is 18.4 Å². The number of aryl methyl sites for hydroxylation is 1. The number of benzene rings is 1. The van der Waals surface area contributed by atoms with Crippen LogP contribution in [-0.4, -0.2) is 22.9 Å². The van der Waals surface area contributed by atoms with E-state index in [2.05, 4.69) is 5.10 Å². The molecule has 0 radical (unpaired) electrons. The molecule has 6 nitrogen and oxygen atoms in total. The van der Waals surface area contributed by atoms with Crippen molar-refractivity contribution < 1.29 is 14.3 Å². The zero-order valence-corrected chi connectivity index (χ0v) is 10.8. The van der Waals surface area contributed by atoms with E-state index in [0.717, 1.165) is 5.56 Å². The third kappa shape index (κ3) is 2.85. The molecule has 2 rings (SSSR count). The van der Waals surface area contributed by atoms with Gasteiger partial charge in [0.1, 0.15) is 12.2 Å². The molecule has 0 amide bonds. The number of nitrogens with zero attached hydrogens (tertiary/aromatic N) is 2. The molecule has 1 aromatic heterocycles. The molecule has 0 saturated carbocycles. The van der Waals surface area contributed by atoms with E-state index in [1.165, 1.54) is 7.11 Å². The molecule has 0 fully saturated rings. The van der Waals surface area contributed by atoms with Crippen molar-refractivity contribution >= 4 is 11.7 Å². The molecule has 1 heterocycles. The zero-order chi connectivity index (χ0) is 13.8. The number of hydrogen-bond acceptors (Lipinski definition) is 5. The Morgan fingerprint density at radius 1 is 1.47 bits per heavy atom. The number of rotatable bonds is 4. The summed E-state index contributed by atoms with van der Waals surface area (Å²) in [5.41, 5.74) is 7.27. The minimum atomic E-state index is -0.479. The van der Waals surface area contributed by atoms with Gasteiger partial charge >= 0.3 is 5.97 Å². The highest BCUT2D eigenvalue weighted by Gasteiger charge is 2.16. The van der Waals surface area contributed by atoms with Gasteiger partial charge in [0.15, 0.2) is 5.75 Å². The SMILES string of the molecule is COc1c(N)cccc1C(=O)OCc1cnn(C)c1. The van der Waals surface area contributed by atoms with E-state index in [1.54, 1.807) is 42.3 Å². The van der Waals surface area contributed by atoms with Gasteiger partial charge in [-0.1, -0.05) is 6.07 Å². The second-order valence-corrected chi connectivity index (χ2v) is 4.03. The molecule has 2 aromatic rings. The number of ether oxygens (including phenoxy) is 2. The Hall–Kier alpha value is -2.50. The summed E-state index contributed by atoms with van der Waals surface area (Å²) in [6.45, 7) is 0.157. The van der Waals surface area contributed by atoms with Crippen molar-refractivity contribution in [3.05, 3.63) is 41.7 Å². The van der Waals surface area contributed by atoms with Gasteiger partial charge < -0.3 is 15.2 Å². The van der Waals surface area contributed by atoms with Crippen molar-refractivity contribution in [3.63, 3.8) is 0 Å². The summed E-state index contributed by atoms with van der Waals surface area (Å²) in [6, 6.07) is 4.95. The van der Waals surface area contributed by atoms with E-state index in [-0.39, 0.29) is 6.61 Å². The number of aromatic nitrogens is 2. The Morgan fingerprint density at radius 3 is 2.89 bits per heavy atom. The Kier molecular flexibility index (Phi) is 3.70. The van der Waals surface area contributed by atoms with Crippen molar-refractivity contribution in [1.82, 2.24) is 9.78 Å². The van der Waals surface area contributed by atoms with Crippen molar-refractivity contribution in [1.29, 1.82) is 0 Å². The fourth-order valence-corrected chi connectivity index (χ4v) is 1.72. The summed E-state index contributed by atoms with van der Waals surface area (Å²) in [5.74, 6) is -0.147. The zero-order valence-electron chi connectivity index (χ0n) is 10.8. The molecule has 2 N–H and O–H groups in total. The molecule has 0 unspecified atom stereocenters. The molecule has 0 aliphatic rings. The first kappa shape index (κ1) is 12.9. The average molecular weight is 261 g/mol. The second kappa shape index (κ2) is 5.43. The lowest BCUT2D eigenvalue weighted by atomic mass is 10.2. The van der Waals surface area contributed by atoms with Crippen LogP contribution in [0.25, 0.3) is 0 Å². The van der Waals surface area contributed by atoms with Gasteiger partial charge in [0.2, 0.25) is 0 Å². The number of hydrogen-bond donors (Lipinski definition) is 1. The maximum Gasteiger partial charge on any atom is 0.342 e. The molecule has 0 saturated heterocycles. The van der Waals surface area contributed by atoms with Crippen molar-refractivity contribution in [2.75, 3.05) is 12.8 Å². The van der Waals surface area contributed by atoms with Crippen LogP contribution in [0.2, 0.25) is 0 Å². The highest BCUT2D eigenvalue weighted by atomic mass is 16.5. The first-order valence-corrected chi connectivity index (χ1v) is 5.69. The normalized spacial score (nSPS) is 10.2. The van der Waals surface area contributed by atoms with Crippen LogP contribution in [0.5, 0.6) is 5.75 Å². The highest BCUT2D eigenvalue weighted by Crippen LogP contribution is 2.26. The lowest BCUT2D eigenvalue weighted by Crippen LogP contribution is -2.08. The molecular formula is C13H15N3O3. The topological polar surface area (TPSA) is 79.4 Å². The minimum absolute atomic E-state index is 0.157. The fraction of sp³-hybridized carbons (Fsp3) is 0.231. The van der Waals surface area contributed by atoms with Gasteiger partial charge in [-0.3, -0.25) is 4.68 Å². The molecular weight excluding hydrogens is 246 g/mol. The smallest absolute Gasteiger partial charge is 0.342 e. The number of anilines is 1. The van der Waals surface area contributed by atoms with Crippen LogP contribution < -0.4 is 10.5 Å². The lowest BCUT2D eigenvalue weighted by molar-refractivity contribution is 0.0469.